The van der Waals surface area contributed by atoms with Crippen LogP contribution in [0.25, 0.3) is 0 Å². The smallest absolute Gasteiger partial charge is 0.341 e. The molecule has 15 heavy (non-hydrogen) atoms. The lowest BCUT2D eigenvalue weighted by atomic mass is 10.1. The third-order valence-corrected chi connectivity index (χ3v) is 2.04. The fraction of sp³-hybridized carbons (Fsp3) is 0.500. The first kappa shape index (κ1) is 11.4. The molecule has 5 heteroatoms. The van der Waals surface area contributed by atoms with E-state index < -0.39 is 5.97 Å². The number of nitrogen functional groups attached to an aromatic ring is 1. The number of carboxylic acids is 1. The van der Waals surface area contributed by atoms with Gasteiger partial charge in [-0.25, -0.2) is 14.8 Å². The molecule has 3 N–H and O–H groups in total. The molecule has 0 aliphatic heterocycles. The monoisotopic (exact) mass is 209 g/mol. The van der Waals surface area contributed by atoms with Crippen LogP contribution in [-0.4, -0.2) is 21.0 Å². The van der Waals surface area contributed by atoms with Gasteiger partial charge in [0.25, 0.3) is 0 Å². The lowest BCUT2D eigenvalue weighted by molar-refractivity contribution is 0.0697. The summed E-state index contributed by atoms with van der Waals surface area (Å²) < 4.78 is 0. The van der Waals surface area contributed by atoms with Crippen LogP contribution in [0.1, 0.15) is 36.5 Å². The van der Waals surface area contributed by atoms with E-state index in [0.717, 1.165) is 12.8 Å². The molecule has 0 bridgehead atoms. The molecule has 1 aromatic rings. The predicted octanol–water partition coefficient (Wildman–Crippen LogP) is 1.35. The van der Waals surface area contributed by atoms with Crippen molar-refractivity contribution in [2.75, 3.05) is 5.73 Å². The van der Waals surface area contributed by atoms with E-state index in [1.54, 1.807) is 0 Å². The Morgan fingerprint density at radius 3 is 2.73 bits per heavy atom. The van der Waals surface area contributed by atoms with Gasteiger partial charge in [0.05, 0.1) is 0 Å². The maximum absolute atomic E-state index is 10.6. The maximum Gasteiger partial charge on any atom is 0.341 e. The van der Waals surface area contributed by atoms with Crippen molar-refractivity contribution >= 4 is 11.8 Å². The van der Waals surface area contributed by atoms with Crippen LogP contribution in [-0.2, 0) is 6.42 Å². The Morgan fingerprint density at radius 1 is 1.60 bits per heavy atom. The number of carbonyl (C=O) groups is 1. The standard InChI is InChI=1S/C10H15N3O2/c1-6(2)3-4-8-12-5-7(10(14)15)9(11)13-8/h5-6H,3-4H2,1-2H3,(H,14,15)(H2,11,12,13). The number of aryl methyl sites for hydroxylation is 1. The molecule has 1 heterocycles. The number of rotatable bonds is 4. The molecule has 0 atom stereocenters. The fourth-order valence-corrected chi connectivity index (χ4v) is 1.14. The van der Waals surface area contributed by atoms with Crippen LogP contribution >= 0.6 is 0 Å². The molecule has 0 saturated carbocycles. The summed E-state index contributed by atoms with van der Waals surface area (Å²) in [6.07, 6.45) is 2.95. The van der Waals surface area contributed by atoms with Gasteiger partial charge in [0.2, 0.25) is 0 Å². The second-order valence-corrected chi connectivity index (χ2v) is 3.82. The summed E-state index contributed by atoms with van der Waals surface area (Å²) in [5, 5.41) is 8.71. The Kier molecular flexibility index (Phi) is 3.60. The summed E-state index contributed by atoms with van der Waals surface area (Å²) in [6, 6.07) is 0. The van der Waals surface area contributed by atoms with Gasteiger partial charge in [0, 0.05) is 12.6 Å². The maximum atomic E-state index is 10.6. The summed E-state index contributed by atoms with van der Waals surface area (Å²) in [6.45, 7) is 4.21. The number of hydrogen-bond acceptors (Lipinski definition) is 4. The molecule has 0 aliphatic carbocycles. The van der Waals surface area contributed by atoms with Gasteiger partial charge in [-0.3, -0.25) is 0 Å². The van der Waals surface area contributed by atoms with Crippen molar-refractivity contribution in [3.05, 3.63) is 17.6 Å². The van der Waals surface area contributed by atoms with Crippen LogP contribution < -0.4 is 5.73 Å². The number of anilines is 1. The van der Waals surface area contributed by atoms with E-state index in [1.807, 2.05) is 0 Å². The first-order valence-corrected chi connectivity index (χ1v) is 4.85. The first-order chi connectivity index (χ1) is 7.00. The normalized spacial score (nSPS) is 10.6. The Hall–Kier alpha value is -1.65. The first-order valence-electron chi connectivity index (χ1n) is 4.85. The second-order valence-electron chi connectivity index (χ2n) is 3.82. The summed E-state index contributed by atoms with van der Waals surface area (Å²) >= 11 is 0. The van der Waals surface area contributed by atoms with Crippen molar-refractivity contribution in [3.63, 3.8) is 0 Å². The molecular formula is C10H15N3O2. The van der Waals surface area contributed by atoms with E-state index in [4.69, 9.17) is 10.8 Å². The highest BCUT2D eigenvalue weighted by molar-refractivity contribution is 5.92. The summed E-state index contributed by atoms with van der Waals surface area (Å²) in [4.78, 5) is 18.6. The highest BCUT2D eigenvalue weighted by Gasteiger charge is 2.10. The zero-order chi connectivity index (χ0) is 11.4. The van der Waals surface area contributed by atoms with Crippen molar-refractivity contribution in [2.45, 2.75) is 26.7 Å². The number of nitrogens with two attached hydrogens (primary N) is 1. The average molecular weight is 209 g/mol. The van der Waals surface area contributed by atoms with E-state index in [2.05, 4.69) is 23.8 Å². The van der Waals surface area contributed by atoms with Crippen LogP contribution in [0.3, 0.4) is 0 Å². The molecule has 1 aromatic heterocycles. The Morgan fingerprint density at radius 2 is 2.27 bits per heavy atom. The van der Waals surface area contributed by atoms with Gasteiger partial charge in [-0.15, -0.1) is 0 Å². The molecule has 0 amide bonds. The van der Waals surface area contributed by atoms with Crippen molar-refractivity contribution in [1.82, 2.24) is 9.97 Å². The van der Waals surface area contributed by atoms with Gasteiger partial charge >= 0.3 is 5.97 Å². The van der Waals surface area contributed by atoms with Gasteiger partial charge < -0.3 is 10.8 Å². The van der Waals surface area contributed by atoms with Gasteiger partial charge in [0.15, 0.2) is 0 Å². The lowest BCUT2D eigenvalue weighted by Crippen LogP contribution is -2.08. The van der Waals surface area contributed by atoms with Crippen LogP contribution in [0, 0.1) is 5.92 Å². The SMILES string of the molecule is CC(C)CCc1ncc(C(=O)O)c(N)n1. The molecule has 0 unspecified atom stereocenters. The quantitative estimate of drug-likeness (QED) is 0.781. The zero-order valence-electron chi connectivity index (χ0n) is 8.90. The van der Waals surface area contributed by atoms with Crippen molar-refractivity contribution < 1.29 is 9.90 Å². The molecule has 0 aromatic carbocycles. The van der Waals surface area contributed by atoms with E-state index >= 15 is 0 Å². The number of carboxylic acid groups (broad SMARTS) is 1. The van der Waals surface area contributed by atoms with E-state index in [-0.39, 0.29) is 11.4 Å². The molecule has 0 fully saturated rings. The minimum atomic E-state index is -1.09. The fourth-order valence-electron chi connectivity index (χ4n) is 1.14. The van der Waals surface area contributed by atoms with Crippen LogP contribution in [0.2, 0.25) is 0 Å². The van der Waals surface area contributed by atoms with Crippen LogP contribution in [0.5, 0.6) is 0 Å². The largest absolute Gasteiger partial charge is 0.477 e. The summed E-state index contributed by atoms with van der Waals surface area (Å²) in [7, 11) is 0. The molecule has 0 spiro atoms. The van der Waals surface area contributed by atoms with Crippen molar-refractivity contribution in [3.8, 4) is 0 Å². The lowest BCUT2D eigenvalue weighted by Gasteiger charge is -2.05. The molecule has 5 nitrogen and oxygen atoms in total. The Bertz CT molecular complexity index is 364. The predicted molar refractivity (Wildman–Crippen MR) is 56.6 cm³/mol. The molecule has 1 rings (SSSR count). The van der Waals surface area contributed by atoms with Crippen molar-refractivity contribution in [1.29, 1.82) is 0 Å². The molecule has 0 aliphatic rings. The minimum Gasteiger partial charge on any atom is -0.477 e. The molecular weight excluding hydrogens is 194 g/mol. The van der Waals surface area contributed by atoms with Gasteiger partial charge in [0.1, 0.15) is 17.2 Å². The minimum absolute atomic E-state index is 0.0382. The summed E-state index contributed by atoms with van der Waals surface area (Å²) in [5.74, 6) is 0.111. The van der Waals surface area contributed by atoms with Gasteiger partial charge in [-0.2, -0.15) is 0 Å². The number of nitrogens with zero attached hydrogens (tertiary/aromatic N) is 2. The average Bonchev–Trinajstić information content (AvgIpc) is 2.14. The second kappa shape index (κ2) is 4.72. The van der Waals surface area contributed by atoms with E-state index in [0.29, 0.717) is 11.7 Å². The van der Waals surface area contributed by atoms with E-state index in [1.165, 1.54) is 6.20 Å². The molecule has 0 saturated heterocycles. The number of aromatic nitrogens is 2. The highest BCUT2D eigenvalue weighted by Crippen LogP contribution is 2.10. The van der Waals surface area contributed by atoms with E-state index in [9.17, 15) is 4.79 Å². The van der Waals surface area contributed by atoms with Crippen molar-refractivity contribution in [2.24, 2.45) is 5.92 Å². The van der Waals surface area contributed by atoms with Crippen LogP contribution in [0.4, 0.5) is 5.82 Å². The van der Waals surface area contributed by atoms with Crippen LogP contribution in [0.15, 0.2) is 6.20 Å². The Balaban J connectivity index is 2.78. The topological polar surface area (TPSA) is 89.1 Å². The summed E-state index contributed by atoms with van der Waals surface area (Å²) in [5.41, 5.74) is 5.46. The third kappa shape index (κ3) is 3.19. The highest BCUT2D eigenvalue weighted by atomic mass is 16.4. The van der Waals surface area contributed by atoms with Gasteiger partial charge in [-0.1, -0.05) is 13.8 Å². The van der Waals surface area contributed by atoms with Gasteiger partial charge in [-0.05, 0) is 12.3 Å². The Labute approximate surface area is 88.4 Å². The third-order valence-electron chi connectivity index (χ3n) is 2.04. The zero-order valence-corrected chi connectivity index (χ0v) is 8.90. The molecule has 0 radical (unpaired) electrons. The molecule has 82 valence electrons. The number of aromatic carboxylic acids is 1. The number of hydrogen-bond donors (Lipinski definition) is 2.